The highest BCUT2D eigenvalue weighted by molar-refractivity contribution is 5.32. The average Bonchev–Trinajstić information content (AvgIpc) is 2.52. The number of anilines is 1. The summed E-state index contributed by atoms with van der Waals surface area (Å²) in [7, 11) is 4.13. The van der Waals surface area contributed by atoms with Gasteiger partial charge >= 0.3 is 0 Å². The Kier molecular flexibility index (Phi) is 5.59. The van der Waals surface area contributed by atoms with Crippen LogP contribution in [0.25, 0.3) is 0 Å². The quantitative estimate of drug-likeness (QED) is 0.865. The van der Waals surface area contributed by atoms with Crippen LogP contribution in [0.2, 0.25) is 0 Å². The molecule has 1 aromatic rings. The zero-order chi connectivity index (χ0) is 14.4. The summed E-state index contributed by atoms with van der Waals surface area (Å²) in [6.45, 7) is 2.79. The van der Waals surface area contributed by atoms with Crippen LogP contribution in [0.1, 0.15) is 39.0 Å². The molecule has 0 aliphatic heterocycles. The minimum Gasteiger partial charge on any atom is -0.478 e. The monoisotopic (exact) mass is 278 g/mol. The van der Waals surface area contributed by atoms with Crippen molar-refractivity contribution in [2.24, 2.45) is 0 Å². The molecule has 0 spiro atoms. The number of nitrogens with one attached hydrogen (secondary N) is 1. The molecule has 2 rings (SSSR count). The number of hydrogen-bond acceptors (Lipinski definition) is 5. The second-order valence-corrected chi connectivity index (χ2v) is 5.45. The van der Waals surface area contributed by atoms with Crippen LogP contribution in [-0.2, 0) is 0 Å². The van der Waals surface area contributed by atoms with E-state index in [1.54, 1.807) is 6.20 Å². The normalized spacial score (nSPS) is 22.6. The number of rotatable bonds is 6. The van der Waals surface area contributed by atoms with Gasteiger partial charge in [-0.15, -0.1) is 0 Å². The van der Waals surface area contributed by atoms with E-state index in [2.05, 4.69) is 34.2 Å². The Hall–Kier alpha value is -1.36. The summed E-state index contributed by atoms with van der Waals surface area (Å²) >= 11 is 0. The van der Waals surface area contributed by atoms with Crippen molar-refractivity contribution < 1.29 is 4.74 Å². The topological polar surface area (TPSA) is 50.3 Å². The van der Waals surface area contributed by atoms with Gasteiger partial charge in [0.25, 0.3) is 0 Å². The van der Waals surface area contributed by atoms with Crippen molar-refractivity contribution in [3.63, 3.8) is 0 Å². The third kappa shape index (κ3) is 3.82. The molecule has 0 amide bonds. The molecule has 0 saturated heterocycles. The van der Waals surface area contributed by atoms with Gasteiger partial charge in [0.15, 0.2) is 0 Å². The molecule has 1 N–H and O–H groups in total. The molecule has 5 heteroatoms. The average molecular weight is 278 g/mol. The maximum absolute atomic E-state index is 5.58. The summed E-state index contributed by atoms with van der Waals surface area (Å²) < 4.78 is 5.58. The van der Waals surface area contributed by atoms with E-state index < -0.39 is 0 Å². The highest BCUT2D eigenvalue weighted by Crippen LogP contribution is 2.25. The van der Waals surface area contributed by atoms with Gasteiger partial charge in [0.2, 0.25) is 11.8 Å². The Morgan fingerprint density at radius 1 is 1.35 bits per heavy atom. The van der Waals surface area contributed by atoms with Crippen LogP contribution in [-0.4, -0.2) is 42.8 Å². The lowest BCUT2D eigenvalue weighted by Gasteiger charge is -2.34. The first-order valence-electron chi connectivity index (χ1n) is 7.60. The van der Waals surface area contributed by atoms with E-state index in [1.807, 2.05) is 13.1 Å². The first-order chi connectivity index (χ1) is 9.74. The maximum Gasteiger partial charge on any atom is 0.228 e. The third-order valence-corrected chi connectivity index (χ3v) is 4.04. The lowest BCUT2D eigenvalue weighted by molar-refractivity contribution is 0.303. The van der Waals surface area contributed by atoms with Gasteiger partial charge < -0.3 is 15.0 Å². The van der Waals surface area contributed by atoms with Gasteiger partial charge in [-0.3, -0.25) is 0 Å². The SMILES string of the molecule is CCCOc1ccnc(N(C)C2CCC(NC)CC2)n1. The van der Waals surface area contributed by atoms with Crippen molar-refractivity contribution >= 4 is 5.95 Å². The van der Waals surface area contributed by atoms with Gasteiger partial charge in [-0.25, -0.2) is 4.98 Å². The molecule has 0 radical (unpaired) electrons. The van der Waals surface area contributed by atoms with E-state index in [0.717, 1.165) is 12.4 Å². The molecule has 1 aromatic heterocycles. The fourth-order valence-electron chi connectivity index (χ4n) is 2.70. The number of aromatic nitrogens is 2. The van der Waals surface area contributed by atoms with E-state index in [1.165, 1.54) is 25.7 Å². The first-order valence-corrected chi connectivity index (χ1v) is 7.60. The molecular formula is C15H26N4O. The summed E-state index contributed by atoms with van der Waals surface area (Å²) in [5, 5.41) is 3.37. The molecule has 1 saturated carbocycles. The zero-order valence-electron chi connectivity index (χ0n) is 12.8. The fourth-order valence-corrected chi connectivity index (χ4v) is 2.70. The van der Waals surface area contributed by atoms with Crippen molar-refractivity contribution in [1.29, 1.82) is 0 Å². The van der Waals surface area contributed by atoms with Gasteiger partial charge in [0.1, 0.15) is 0 Å². The Bertz CT molecular complexity index is 405. The van der Waals surface area contributed by atoms with Gasteiger partial charge in [0.05, 0.1) is 6.61 Å². The standard InChI is InChI=1S/C15H26N4O/c1-4-11-20-14-9-10-17-15(18-14)19(3)13-7-5-12(16-2)6-8-13/h9-10,12-13,16H,4-8,11H2,1-3H3. The second kappa shape index (κ2) is 7.43. The summed E-state index contributed by atoms with van der Waals surface area (Å²) in [6.07, 6.45) is 7.58. The van der Waals surface area contributed by atoms with Crippen molar-refractivity contribution in [2.75, 3.05) is 25.6 Å². The fraction of sp³-hybridized carbons (Fsp3) is 0.733. The number of ether oxygens (including phenoxy) is 1. The molecule has 20 heavy (non-hydrogen) atoms. The first kappa shape index (κ1) is 15.0. The molecule has 0 unspecified atom stereocenters. The molecular weight excluding hydrogens is 252 g/mol. The minimum absolute atomic E-state index is 0.529. The lowest BCUT2D eigenvalue weighted by atomic mass is 9.90. The van der Waals surface area contributed by atoms with Crippen LogP contribution in [0.5, 0.6) is 5.88 Å². The van der Waals surface area contributed by atoms with Crippen molar-refractivity contribution in [1.82, 2.24) is 15.3 Å². The van der Waals surface area contributed by atoms with E-state index in [-0.39, 0.29) is 0 Å². The van der Waals surface area contributed by atoms with Crippen LogP contribution in [0.3, 0.4) is 0 Å². The minimum atomic E-state index is 0.529. The predicted octanol–water partition coefficient (Wildman–Crippen LogP) is 2.23. The lowest BCUT2D eigenvalue weighted by Crippen LogP contribution is -2.40. The molecule has 112 valence electrons. The van der Waals surface area contributed by atoms with Gasteiger partial charge in [-0.1, -0.05) is 6.92 Å². The van der Waals surface area contributed by atoms with E-state index in [0.29, 0.717) is 24.6 Å². The summed E-state index contributed by atoms with van der Waals surface area (Å²) in [4.78, 5) is 11.1. The van der Waals surface area contributed by atoms with Crippen LogP contribution in [0.4, 0.5) is 5.95 Å². The van der Waals surface area contributed by atoms with Crippen LogP contribution < -0.4 is 15.0 Å². The van der Waals surface area contributed by atoms with Gasteiger partial charge in [-0.05, 0) is 39.2 Å². The van der Waals surface area contributed by atoms with Gasteiger partial charge in [0, 0.05) is 31.4 Å². The van der Waals surface area contributed by atoms with E-state index in [9.17, 15) is 0 Å². The Morgan fingerprint density at radius 2 is 2.10 bits per heavy atom. The van der Waals surface area contributed by atoms with E-state index in [4.69, 9.17) is 4.74 Å². The number of nitrogens with zero attached hydrogens (tertiary/aromatic N) is 3. The Balaban J connectivity index is 1.96. The maximum atomic E-state index is 5.58. The highest BCUT2D eigenvalue weighted by atomic mass is 16.5. The second-order valence-electron chi connectivity index (χ2n) is 5.45. The molecule has 0 bridgehead atoms. The van der Waals surface area contributed by atoms with Crippen molar-refractivity contribution in [2.45, 2.75) is 51.1 Å². The van der Waals surface area contributed by atoms with Crippen LogP contribution in [0, 0.1) is 0 Å². The molecule has 1 aliphatic rings. The summed E-state index contributed by atoms with van der Waals surface area (Å²) in [6, 6.07) is 3.02. The Morgan fingerprint density at radius 3 is 2.75 bits per heavy atom. The zero-order valence-corrected chi connectivity index (χ0v) is 12.8. The summed E-state index contributed by atoms with van der Waals surface area (Å²) in [5.74, 6) is 1.44. The van der Waals surface area contributed by atoms with Gasteiger partial charge in [-0.2, -0.15) is 4.98 Å². The van der Waals surface area contributed by atoms with Crippen LogP contribution in [0.15, 0.2) is 12.3 Å². The summed E-state index contributed by atoms with van der Waals surface area (Å²) in [5.41, 5.74) is 0. The van der Waals surface area contributed by atoms with E-state index >= 15 is 0 Å². The van der Waals surface area contributed by atoms with Crippen molar-refractivity contribution in [3.8, 4) is 5.88 Å². The smallest absolute Gasteiger partial charge is 0.228 e. The molecule has 1 heterocycles. The molecule has 0 aromatic carbocycles. The predicted molar refractivity (Wildman–Crippen MR) is 81.3 cm³/mol. The molecule has 1 fully saturated rings. The van der Waals surface area contributed by atoms with Crippen LogP contribution >= 0.6 is 0 Å². The molecule has 5 nitrogen and oxygen atoms in total. The van der Waals surface area contributed by atoms with Crippen molar-refractivity contribution in [3.05, 3.63) is 12.3 Å². The Labute approximate surface area is 121 Å². The largest absolute Gasteiger partial charge is 0.478 e. The highest BCUT2D eigenvalue weighted by Gasteiger charge is 2.24. The molecule has 1 aliphatic carbocycles. The molecule has 0 atom stereocenters. The third-order valence-electron chi connectivity index (χ3n) is 4.04. The number of hydrogen-bond donors (Lipinski definition) is 1.